The van der Waals surface area contributed by atoms with Crippen LogP contribution >= 0.6 is 0 Å². The number of nitrogen functional groups attached to an aromatic ring is 1. The quantitative estimate of drug-likeness (QED) is 0.609. The molecule has 7 nitrogen and oxygen atoms in total. The molecule has 2 aromatic carbocycles. The number of aromatic nitrogens is 2. The molecule has 7 heteroatoms. The summed E-state index contributed by atoms with van der Waals surface area (Å²) in [4.78, 5) is 22.2. The Morgan fingerprint density at radius 3 is 2.58 bits per heavy atom. The van der Waals surface area contributed by atoms with Crippen molar-refractivity contribution in [2.45, 2.75) is 18.9 Å². The lowest BCUT2D eigenvalue weighted by molar-refractivity contribution is -0.128. The van der Waals surface area contributed by atoms with E-state index in [0.717, 1.165) is 24.2 Å². The van der Waals surface area contributed by atoms with E-state index in [1.54, 1.807) is 4.90 Å². The monoisotopic (exact) mass is 416 g/mol. The second kappa shape index (κ2) is 9.30. The van der Waals surface area contributed by atoms with E-state index in [9.17, 15) is 4.79 Å². The number of amides is 1. The minimum Gasteiger partial charge on any atom is -0.472 e. The van der Waals surface area contributed by atoms with Crippen molar-refractivity contribution in [2.24, 2.45) is 0 Å². The Hall–Kier alpha value is -3.87. The van der Waals surface area contributed by atoms with Gasteiger partial charge in [0.15, 0.2) is 0 Å². The molecule has 0 spiro atoms. The van der Waals surface area contributed by atoms with Crippen LogP contribution in [0.4, 0.5) is 5.82 Å². The van der Waals surface area contributed by atoms with Gasteiger partial charge in [0.25, 0.3) is 0 Å². The van der Waals surface area contributed by atoms with Crippen molar-refractivity contribution >= 4 is 11.7 Å². The molecule has 0 aliphatic carbocycles. The van der Waals surface area contributed by atoms with E-state index in [2.05, 4.69) is 16.5 Å². The predicted molar refractivity (Wildman–Crippen MR) is 119 cm³/mol. The lowest BCUT2D eigenvalue weighted by atomic mass is 10.1. The summed E-state index contributed by atoms with van der Waals surface area (Å²) in [5.41, 5.74) is 7.63. The number of piperidine rings is 1. The molecule has 1 aliphatic heterocycles. The van der Waals surface area contributed by atoms with Gasteiger partial charge < -0.3 is 20.1 Å². The molecule has 1 unspecified atom stereocenters. The van der Waals surface area contributed by atoms with Crippen LogP contribution in [0.5, 0.6) is 17.4 Å². The Kier molecular flexibility index (Phi) is 6.12. The largest absolute Gasteiger partial charge is 0.472 e. The van der Waals surface area contributed by atoms with Gasteiger partial charge in [-0.05, 0) is 48.7 Å². The van der Waals surface area contributed by atoms with Crippen LogP contribution in [-0.4, -0.2) is 40.0 Å². The summed E-state index contributed by atoms with van der Waals surface area (Å²) in [5.74, 6) is 2.11. The van der Waals surface area contributed by atoms with Crippen LogP contribution in [0.25, 0.3) is 11.1 Å². The molecule has 2 heterocycles. The average molecular weight is 416 g/mol. The van der Waals surface area contributed by atoms with Crippen molar-refractivity contribution in [3.8, 4) is 28.5 Å². The standard InChI is InChI=1S/C24H24N4O3/c1-2-21(29)28-14-6-9-20(15-28)31-24-22(23(25)26-16-27-24)17-10-12-19(13-11-17)30-18-7-4-3-5-8-18/h2-5,7-8,10-13,16,20H,1,6,9,14-15H2,(H2,25,26,27). The van der Waals surface area contributed by atoms with Crippen LogP contribution in [-0.2, 0) is 4.79 Å². The number of para-hydroxylation sites is 1. The minimum absolute atomic E-state index is 0.0928. The van der Waals surface area contributed by atoms with Gasteiger partial charge in [0, 0.05) is 6.54 Å². The Balaban J connectivity index is 1.54. The van der Waals surface area contributed by atoms with Crippen molar-refractivity contribution in [3.05, 3.63) is 73.6 Å². The molecule has 2 N–H and O–H groups in total. The number of anilines is 1. The highest BCUT2D eigenvalue weighted by Gasteiger charge is 2.25. The SMILES string of the molecule is C=CC(=O)N1CCCC(Oc2ncnc(N)c2-c2ccc(Oc3ccccc3)cc2)C1. The normalized spacial score (nSPS) is 15.9. The van der Waals surface area contributed by atoms with Crippen LogP contribution in [0.1, 0.15) is 12.8 Å². The number of ether oxygens (including phenoxy) is 2. The molecule has 0 saturated carbocycles. The Morgan fingerprint density at radius 1 is 1.10 bits per heavy atom. The number of nitrogens with two attached hydrogens (primary N) is 1. The minimum atomic E-state index is -0.175. The van der Waals surface area contributed by atoms with Gasteiger partial charge in [0.05, 0.1) is 12.1 Å². The van der Waals surface area contributed by atoms with Crippen LogP contribution in [0.2, 0.25) is 0 Å². The molecule has 1 aliphatic rings. The third kappa shape index (κ3) is 4.83. The first-order valence-electron chi connectivity index (χ1n) is 10.2. The van der Waals surface area contributed by atoms with Crippen molar-refractivity contribution < 1.29 is 14.3 Å². The lowest BCUT2D eigenvalue weighted by Crippen LogP contribution is -2.43. The molecule has 1 aromatic heterocycles. The third-order valence-corrected chi connectivity index (χ3v) is 5.11. The summed E-state index contributed by atoms with van der Waals surface area (Å²) in [7, 11) is 0. The molecule has 1 saturated heterocycles. The number of carbonyl (C=O) groups is 1. The van der Waals surface area contributed by atoms with E-state index >= 15 is 0 Å². The molecule has 1 amide bonds. The molecule has 158 valence electrons. The zero-order valence-corrected chi connectivity index (χ0v) is 17.1. The van der Waals surface area contributed by atoms with E-state index in [-0.39, 0.29) is 12.0 Å². The van der Waals surface area contributed by atoms with E-state index in [0.29, 0.717) is 36.1 Å². The summed E-state index contributed by atoms with van der Waals surface area (Å²) in [6.07, 6.45) is 4.22. The Morgan fingerprint density at radius 2 is 1.84 bits per heavy atom. The predicted octanol–water partition coefficient (Wildman–Crippen LogP) is 4.07. The molecular weight excluding hydrogens is 392 g/mol. The fourth-order valence-corrected chi connectivity index (χ4v) is 3.58. The third-order valence-electron chi connectivity index (χ3n) is 5.11. The van der Waals surface area contributed by atoms with E-state index < -0.39 is 0 Å². The van der Waals surface area contributed by atoms with Gasteiger partial charge in [0.2, 0.25) is 11.8 Å². The highest BCUT2D eigenvalue weighted by molar-refractivity contribution is 5.87. The molecule has 0 bridgehead atoms. The zero-order valence-electron chi connectivity index (χ0n) is 17.1. The van der Waals surface area contributed by atoms with Crippen LogP contribution in [0.3, 0.4) is 0 Å². The van der Waals surface area contributed by atoms with Gasteiger partial charge in [0.1, 0.15) is 29.7 Å². The summed E-state index contributed by atoms with van der Waals surface area (Å²) >= 11 is 0. The first-order valence-corrected chi connectivity index (χ1v) is 10.2. The topological polar surface area (TPSA) is 90.6 Å². The van der Waals surface area contributed by atoms with Crippen molar-refractivity contribution in [3.63, 3.8) is 0 Å². The highest BCUT2D eigenvalue weighted by atomic mass is 16.5. The van der Waals surface area contributed by atoms with Crippen LogP contribution in [0.15, 0.2) is 73.6 Å². The maximum absolute atomic E-state index is 12.0. The number of likely N-dealkylation sites (tertiary alicyclic amines) is 1. The first-order chi connectivity index (χ1) is 15.1. The number of hydrogen-bond acceptors (Lipinski definition) is 6. The van der Waals surface area contributed by atoms with Crippen molar-refractivity contribution in [1.29, 1.82) is 0 Å². The molecule has 3 aromatic rings. The summed E-state index contributed by atoms with van der Waals surface area (Å²) in [5, 5.41) is 0. The molecule has 1 fully saturated rings. The molecular formula is C24H24N4O3. The van der Waals surface area contributed by atoms with Gasteiger partial charge in [-0.15, -0.1) is 0 Å². The second-order valence-corrected chi connectivity index (χ2v) is 7.25. The highest BCUT2D eigenvalue weighted by Crippen LogP contribution is 2.35. The van der Waals surface area contributed by atoms with Crippen molar-refractivity contribution in [1.82, 2.24) is 14.9 Å². The van der Waals surface area contributed by atoms with Gasteiger partial charge in [-0.1, -0.05) is 36.9 Å². The molecule has 31 heavy (non-hydrogen) atoms. The molecule has 4 rings (SSSR count). The van der Waals surface area contributed by atoms with Gasteiger partial charge in [-0.3, -0.25) is 4.79 Å². The van der Waals surface area contributed by atoms with Gasteiger partial charge in [-0.25, -0.2) is 9.97 Å². The molecule has 0 radical (unpaired) electrons. The number of carbonyl (C=O) groups excluding carboxylic acids is 1. The van der Waals surface area contributed by atoms with Crippen LogP contribution < -0.4 is 15.2 Å². The van der Waals surface area contributed by atoms with Crippen molar-refractivity contribution in [2.75, 3.05) is 18.8 Å². The smallest absolute Gasteiger partial charge is 0.246 e. The molecule has 1 atom stereocenters. The second-order valence-electron chi connectivity index (χ2n) is 7.25. The van der Waals surface area contributed by atoms with Gasteiger partial charge in [-0.2, -0.15) is 0 Å². The maximum Gasteiger partial charge on any atom is 0.246 e. The summed E-state index contributed by atoms with van der Waals surface area (Å²) in [6, 6.07) is 17.1. The number of benzene rings is 2. The lowest BCUT2D eigenvalue weighted by Gasteiger charge is -2.32. The van der Waals surface area contributed by atoms with Gasteiger partial charge >= 0.3 is 0 Å². The zero-order chi connectivity index (χ0) is 21.6. The summed E-state index contributed by atoms with van der Waals surface area (Å²) in [6.45, 7) is 4.75. The fraction of sp³-hybridized carbons (Fsp3) is 0.208. The Labute approximate surface area is 181 Å². The first kappa shape index (κ1) is 20.4. The number of rotatable bonds is 6. The fourth-order valence-electron chi connectivity index (χ4n) is 3.58. The van der Waals surface area contributed by atoms with E-state index in [1.165, 1.54) is 12.4 Å². The Bertz CT molecular complexity index is 1050. The number of nitrogens with zero attached hydrogens (tertiary/aromatic N) is 3. The average Bonchev–Trinajstić information content (AvgIpc) is 2.80. The van der Waals surface area contributed by atoms with E-state index in [4.69, 9.17) is 15.2 Å². The maximum atomic E-state index is 12.0. The van der Waals surface area contributed by atoms with Crippen LogP contribution in [0, 0.1) is 0 Å². The summed E-state index contributed by atoms with van der Waals surface area (Å²) < 4.78 is 12.0. The number of hydrogen-bond donors (Lipinski definition) is 1. The van der Waals surface area contributed by atoms with E-state index in [1.807, 2.05) is 54.6 Å².